The van der Waals surface area contributed by atoms with E-state index in [0.717, 1.165) is 0 Å². The minimum atomic E-state index is -1.12. The fourth-order valence-corrected chi connectivity index (χ4v) is 3.72. The Kier molecular flexibility index (Phi) is 3.53. The summed E-state index contributed by atoms with van der Waals surface area (Å²) in [6.45, 7) is 0. The highest BCUT2D eigenvalue weighted by Crippen LogP contribution is 2.51. The van der Waals surface area contributed by atoms with E-state index in [1.54, 1.807) is 12.1 Å². The third kappa shape index (κ3) is 2.00. The van der Waals surface area contributed by atoms with Gasteiger partial charge < -0.3 is 5.11 Å². The van der Waals surface area contributed by atoms with Gasteiger partial charge in [0.2, 0.25) is 0 Å². The van der Waals surface area contributed by atoms with Gasteiger partial charge in [0.05, 0.1) is 11.1 Å². The van der Waals surface area contributed by atoms with Gasteiger partial charge in [0.25, 0.3) is 0 Å². The van der Waals surface area contributed by atoms with Crippen LogP contribution in [0.1, 0.15) is 22.8 Å². The van der Waals surface area contributed by atoms with Crippen molar-refractivity contribution in [1.82, 2.24) is 0 Å². The zero-order chi connectivity index (χ0) is 15.2. The van der Waals surface area contributed by atoms with Gasteiger partial charge in [-0.05, 0) is 39.5 Å². The lowest BCUT2D eigenvalue weighted by atomic mass is 9.77. The van der Waals surface area contributed by atoms with Gasteiger partial charge in [0.1, 0.15) is 17.3 Å². The van der Waals surface area contributed by atoms with Crippen LogP contribution < -0.4 is 0 Å². The summed E-state index contributed by atoms with van der Waals surface area (Å²) in [7, 11) is 0. The van der Waals surface area contributed by atoms with Gasteiger partial charge in [-0.2, -0.15) is 5.26 Å². The normalized spacial score (nSPS) is 23.7. The number of nitriles is 1. The zero-order valence-electron chi connectivity index (χ0n) is 10.8. The van der Waals surface area contributed by atoms with Crippen LogP contribution in [0.25, 0.3) is 0 Å². The second-order valence-corrected chi connectivity index (χ2v) is 6.26. The van der Waals surface area contributed by atoms with E-state index in [0.29, 0.717) is 21.2 Å². The molecule has 0 aliphatic heterocycles. The summed E-state index contributed by atoms with van der Waals surface area (Å²) in [5, 5.41) is 20.3. The van der Waals surface area contributed by atoms with Gasteiger partial charge >= 0.3 is 0 Å². The van der Waals surface area contributed by atoms with Crippen molar-refractivity contribution in [2.75, 3.05) is 0 Å². The fourth-order valence-electron chi connectivity index (χ4n) is 2.90. The third-order valence-electron chi connectivity index (χ3n) is 3.98. The first-order valence-electron chi connectivity index (χ1n) is 6.32. The number of aliphatic hydroxyl groups excluding tert-OH is 1. The zero-order valence-corrected chi connectivity index (χ0v) is 13.1. The van der Waals surface area contributed by atoms with Crippen molar-refractivity contribution < 1.29 is 9.50 Å². The molecule has 0 saturated heterocycles. The summed E-state index contributed by atoms with van der Waals surface area (Å²) < 4.78 is 14.1. The predicted molar refractivity (Wildman–Crippen MR) is 81.5 cm³/mol. The van der Waals surface area contributed by atoms with Crippen LogP contribution in [0.3, 0.4) is 0 Å². The molecule has 106 valence electrons. The highest BCUT2D eigenvalue weighted by molar-refractivity contribution is 9.10. The summed E-state index contributed by atoms with van der Waals surface area (Å²) in [6.07, 6.45) is -0.816. The molecule has 3 rings (SSSR count). The van der Waals surface area contributed by atoms with E-state index in [1.165, 1.54) is 6.07 Å². The highest BCUT2D eigenvalue weighted by atomic mass is 79.9. The number of benzene rings is 2. The smallest absolute Gasteiger partial charge is 0.143 e. The Balaban J connectivity index is 2.22. The van der Waals surface area contributed by atoms with Crippen LogP contribution in [0.15, 0.2) is 40.9 Å². The minimum absolute atomic E-state index is 0.0744. The van der Waals surface area contributed by atoms with Crippen LogP contribution in [0.5, 0.6) is 0 Å². The molecule has 2 unspecified atom stereocenters. The van der Waals surface area contributed by atoms with Gasteiger partial charge in [-0.15, -0.1) is 0 Å². The second kappa shape index (κ2) is 5.10. The molecule has 1 aliphatic rings. The Morgan fingerprint density at radius 2 is 2.05 bits per heavy atom. The Morgan fingerprint density at radius 3 is 2.67 bits per heavy atom. The van der Waals surface area contributed by atoms with Crippen molar-refractivity contribution in [3.63, 3.8) is 0 Å². The van der Waals surface area contributed by atoms with E-state index in [4.69, 9.17) is 11.6 Å². The number of aliphatic hydroxyl groups is 1. The summed E-state index contributed by atoms with van der Waals surface area (Å²) >= 11 is 9.13. The summed E-state index contributed by atoms with van der Waals surface area (Å²) in [6, 6.07) is 12.6. The monoisotopic (exact) mass is 365 g/mol. The molecule has 0 aromatic heterocycles. The molecule has 21 heavy (non-hydrogen) atoms. The molecule has 0 bridgehead atoms. The Hall–Kier alpha value is -1.41. The van der Waals surface area contributed by atoms with Crippen molar-refractivity contribution in [2.45, 2.75) is 17.9 Å². The minimum Gasteiger partial charge on any atom is -0.386 e. The number of nitrogens with zero attached hydrogens (tertiary/aromatic N) is 1. The van der Waals surface area contributed by atoms with Crippen molar-refractivity contribution in [2.24, 2.45) is 0 Å². The highest BCUT2D eigenvalue weighted by Gasteiger charge is 2.49. The lowest BCUT2D eigenvalue weighted by Gasteiger charge is -2.26. The van der Waals surface area contributed by atoms with Gasteiger partial charge in [0, 0.05) is 10.0 Å². The summed E-state index contributed by atoms with van der Waals surface area (Å²) in [4.78, 5) is 0. The molecular formula is C16H10BrClFNO. The molecule has 0 spiro atoms. The Bertz CT molecular complexity index is 759. The van der Waals surface area contributed by atoms with Crippen LogP contribution in [0.4, 0.5) is 4.39 Å². The van der Waals surface area contributed by atoms with E-state index in [9.17, 15) is 14.8 Å². The lowest BCUT2D eigenvalue weighted by molar-refractivity contribution is 0.125. The maximum absolute atomic E-state index is 13.8. The molecule has 0 heterocycles. The average molecular weight is 367 g/mol. The van der Waals surface area contributed by atoms with Gasteiger partial charge in [0.15, 0.2) is 0 Å². The van der Waals surface area contributed by atoms with Crippen molar-refractivity contribution >= 4 is 27.5 Å². The average Bonchev–Trinajstić information content (AvgIpc) is 2.79. The van der Waals surface area contributed by atoms with Crippen molar-refractivity contribution in [3.8, 4) is 6.07 Å². The molecule has 2 nitrogen and oxygen atoms in total. The molecule has 0 fully saturated rings. The van der Waals surface area contributed by atoms with Gasteiger partial charge in [-0.1, -0.05) is 41.9 Å². The van der Waals surface area contributed by atoms with Crippen LogP contribution in [0, 0.1) is 17.1 Å². The standard InChI is InChI=1S/C16H10BrClFNO/c17-13-12-9(6-11(19)14(13)18)7-16(8-20,15(12)21)10-4-2-1-3-5-10/h1-6,15,21H,7H2. The second-order valence-electron chi connectivity index (χ2n) is 5.09. The molecule has 0 saturated carbocycles. The molecule has 5 heteroatoms. The molecule has 0 amide bonds. The summed E-state index contributed by atoms with van der Waals surface area (Å²) in [5.41, 5.74) is 0.677. The van der Waals surface area contributed by atoms with Crippen LogP contribution >= 0.6 is 27.5 Å². The quantitative estimate of drug-likeness (QED) is 0.765. The maximum Gasteiger partial charge on any atom is 0.143 e. The van der Waals surface area contributed by atoms with Gasteiger partial charge in [-0.3, -0.25) is 0 Å². The first-order chi connectivity index (χ1) is 10.0. The molecule has 2 aromatic rings. The van der Waals surface area contributed by atoms with Gasteiger partial charge in [-0.25, -0.2) is 4.39 Å². The predicted octanol–water partition coefficient (Wildman–Crippen LogP) is 4.29. The molecule has 1 N–H and O–H groups in total. The van der Waals surface area contributed by atoms with E-state index in [-0.39, 0.29) is 11.4 Å². The van der Waals surface area contributed by atoms with Crippen molar-refractivity contribution in [3.05, 3.63) is 68.4 Å². The largest absolute Gasteiger partial charge is 0.386 e. The maximum atomic E-state index is 13.8. The topological polar surface area (TPSA) is 44.0 Å². The number of rotatable bonds is 1. The summed E-state index contributed by atoms with van der Waals surface area (Å²) in [5.74, 6) is -0.559. The molecule has 2 aromatic carbocycles. The Labute approximate surface area is 134 Å². The fraction of sp³-hybridized carbons (Fsp3) is 0.188. The molecular weight excluding hydrogens is 357 g/mol. The molecule has 2 atom stereocenters. The first-order valence-corrected chi connectivity index (χ1v) is 7.49. The van der Waals surface area contributed by atoms with E-state index in [2.05, 4.69) is 22.0 Å². The first kappa shape index (κ1) is 14.5. The van der Waals surface area contributed by atoms with Crippen LogP contribution in [-0.4, -0.2) is 5.11 Å². The third-order valence-corrected chi connectivity index (χ3v) is 5.41. The number of hydrogen-bond donors (Lipinski definition) is 1. The number of hydrogen-bond acceptors (Lipinski definition) is 2. The SMILES string of the molecule is N#CC1(c2ccccc2)Cc2cc(F)c(Cl)c(Br)c2C1O. The van der Waals surface area contributed by atoms with Crippen molar-refractivity contribution in [1.29, 1.82) is 5.26 Å². The Morgan fingerprint density at radius 1 is 1.38 bits per heavy atom. The van der Waals surface area contributed by atoms with E-state index >= 15 is 0 Å². The van der Waals surface area contributed by atoms with Crippen LogP contribution in [0.2, 0.25) is 5.02 Å². The number of fused-ring (bicyclic) bond motifs is 1. The molecule has 0 radical (unpaired) electrons. The van der Waals surface area contributed by atoms with E-state index < -0.39 is 17.3 Å². The van der Waals surface area contributed by atoms with Crippen LogP contribution in [-0.2, 0) is 11.8 Å². The van der Waals surface area contributed by atoms with E-state index in [1.807, 2.05) is 18.2 Å². The lowest BCUT2D eigenvalue weighted by Crippen LogP contribution is -2.29. The number of halogens is 3. The molecule has 1 aliphatic carbocycles.